The zero-order valence-electron chi connectivity index (χ0n) is 19.1. The van der Waals surface area contributed by atoms with Crippen molar-refractivity contribution in [3.05, 3.63) is 54.4 Å². The minimum Gasteiger partial charge on any atom is -0.491 e. The number of carbonyl (C=O) groups excluding carboxylic acids is 1. The smallest absolute Gasteiger partial charge is 0.258 e. The second-order valence-electron chi connectivity index (χ2n) is 7.61. The summed E-state index contributed by atoms with van der Waals surface area (Å²) in [4.78, 5) is 25.3. The maximum atomic E-state index is 13.2. The zero-order chi connectivity index (χ0) is 25.2. The first-order chi connectivity index (χ1) is 16.7. The minimum absolute atomic E-state index is 0.00936. The Bertz CT molecular complexity index is 1370. The maximum Gasteiger partial charge on any atom is 0.258 e. The highest BCUT2D eigenvalue weighted by molar-refractivity contribution is 6.15. The van der Waals surface area contributed by atoms with Gasteiger partial charge in [-0.2, -0.15) is 5.10 Å². The number of anilines is 4. The quantitative estimate of drug-likeness (QED) is 0.181. The summed E-state index contributed by atoms with van der Waals surface area (Å²) in [6, 6.07) is 4.16. The predicted molar refractivity (Wildman–Crippen MR) is 128 cm³/mol. The number of pyridine rings is 3. The van der Waals surface area contributed by atoms with Gasteiger partial charge in [0.2, 0.25) is 7.85 Å². The summed E-state index contributed by atoms with van der Waals surface area (Å²) in [6.45, 7) is 2.53. The van der Waals surface area contributed by atoms with Crippen LogP contribution >= 0.6 is 0 Å². The first-order valence-corrected chi connectivity index (χ1v) is 10.5. The third-order valence-corrected chi connectivity index (χ3v) is 4.87. The van der Waals surface area contributed by atoms with Crippen LogP contribution < -0.4 is 20.7 Å². The summed E-state index contributed by atoms with van der Waals surface area (Å²) in [5, 5.41) is 32.4. The molecule has 0 saturated heterocycles. The highest BCUT2D eigenvalue weighted by atomic mass is 19.1. The molecule has 0 aliphatic carbocycles. The van der Waals surface area contributed by atoms with Crippen LogP contribution in [-0.4, -0.2) is 61.6 Å². The number of aliphatic hydroxyl groups is 2. The molecule has 0 atom stereocenters. The van der Waals surface area contributed by atoms with Crippen molar-refractivity contribution in [1.82, 2.24) is 30.0 Å². The van der Waals surface area contributed by atoms with E-state index in [2.05, 4.69) is 36.0 Å². The molecule has 0 bridgehead atoms. The van der Waals surface area contributed by atoms with Crippen LogP contribution in [0.25, 0.3) is 10.9 Å². The molecule has 12 nitrogen and oxygen atoms in total. The fraction of sp³-hybridized carbons (Fsp3) is 0.190. The average molecular weight is 480 g/mol. The van der Waals surface area contributed by atoms with E-state index in [-0.39, 0.29) is 22.9 Å². The standard InChI is InChI=1S/C21H22BFN8O4/c1-3-31-17-11(8-27-31)7-26-19(18(17)35-2)28-14-6-16(29-15-5-4-12(23)9-24-15)25-10-13(14)20(32)30-21(22,33)34/h4-10,33-34H,3,22H2,1-2H3,(H,30,32)(H2,24,25,26,28,29). The molecule has 4 rings (SSSR count). The van der Waals surface area contributed by atoms with E-state index < -0.39 is 17.5 Å². The third kappa shape index (κ3) is 5.28. The summed E-state index contributed by atoms with van der Waals surface area (Å²) < 4.78 is 20.5. The van der Waals surface area contributed by atoms with E-state index in [1.165, 1.54) is 31.5 Å². The molecule has 4 aromatic rings. The summed E-state index contributed by atoms with van der Waals surface area (Å²) in [5.74, 6) is -2.47. The number of hydrogen-bond donors (Lipinski definition) is 5. The van der Waals surface area contributed by atoms with Gasteiger partial charge in [-0.05, 0) is 19.1 Å². The van der Waals surface area contributed by atoms with E-state index in [1.807, 2.05) is 6.92 Å². The second-order valence-corrected chi connectivity index (χ2v) is 7.61. The largest absolute Gasteiger partial charge is 0.491 e. The molecule has 0 spiro atoms. The number of nitrogens with one attached hydrogen (secondary N) is 3. The molecular weight excluding hydrogens is 458 g/mol. The zero-order valence-corrected chi connectivity index (χ0v) is 19.1. The molecule has 0 aliphatic rings. The summed E-state index contributed by atoms with van der Waals surface area (Å²) in [6.07, 6.45) is 5.56. The summed E-state index contributed by atoms with van der Waals surface area (Å²) >= 11 is 0. The number of aryl methyl sites for hydroxylation is 1. The molecule has 4 heterocycles. The molecule has 0 unspecified atom stereocenters. The van der Waals surface area contributed by atoms with Crippen molar-refractivity contribution in [1.29, 1.82) is 0 Å². The van der Waals surface area contributed by atoms with E-state index in [9.17, 15) is 19.4 Å². The SMILES string of the molecule is BC(O)(O)NC(=O)c1cnc(Nc2ccc(F)cn2)cc1Nc1ncc2cnn(CC)c2c1OC. The number of amides is 1. The third-order valence-electron chi connectivity index (χ3n) is 4.87. The van der Waals surface area contributed by atoms with Gasteiger partial charge in [0.25, 0.3) is 5.91 Å². The Morgan fingerprint density at radius 3 is 2.57 bits per heavy atom. The first kappa shape index (κ1) is 23.8. The molecule has 14 heteroatoms. The van der Waals surface area contributed by atoms with Crippen LogP contribution in [0.15, 0.2) is 43.0 Å². The van der Waals surface area contributed by atoms with Gasteiger partial charge in [0, 0.05) is 30.4 Å². The van der Waals surface area contributed by atoms with Crippen LogP contribution in [0.1, 0.15) is 17.3 Å². The number of ether oxygens (including phenoxy) is 1. The van der Waals surface area contributed by atoms with E-state index in [0.29, 0.717) is 23.6 Å². The lowest BCUT2D eigenvalue weighted by atomic mass is 10.0. The van der Waals surface area contributed by atoms with E-state index in [0.717, 1.165) is 19.4 Å². The van der Waals surface area contributed by atoms with Gasteiger partial charge in [-0.25, -0.2) is 19.3 Å². The Kier molecular flexibility index (Phi) is 6.49. The van der Waals surface area contributed by atoms with E-state index in [4.69, 9.17) is 4.74 Å². The number of aromatic nitrogens is 5. The van der Waals surface area contributed by atoms with Gasteiger partial charge < -0.3 is 30.9 Å². The lowest BCUT2D eigenvalue weighted by Gasteiger charge is -2.20. The van der Waals surface area contributed by atoms with Gasteiger partial charge in [0.15, 0.2) is 17.4 Å². The monoisotopic (exact) mass is 480 g/mol. The van der Waals surface area contributed by atoms with Gasteiger partial charge in [-0.3, -0.25) is 9.48 Å². The van der Waals surface area contributed by atoms with Crippen molar-refractivity contribution in [2.75, 3.05) is 17.7 Å². The van der Waals surface area contributed by atoms with E-state index in [1.54, 1.807) is 17.1 Å². The topological polar surface area (TPSA) is 159 Å². The van der Waals surface area contributed by atoms with E-state index >= 15 is 0 Å². The predicted octanol–water partition coefficient (Wildman–Crippen LogP) is 0.835. The molecule has 4 aromatic heterocycles. The van der Waals surface area contributed by atoms with Crippen LogP contribution in [0.5, 0.6) is 5.75 Å². The van der Waals surface area contributed by atoms with Crippen LogP contribution in [0.4, 0.5) is 27.5 Å². The van der Waals surface area contributed by atoms with Crippen LogP contribution in [0.3, 0.4) is 0 Å². The molecule has 0 aliphatic heterocycles. The fourth-order valence-electron chi connectivity index (χ4n) is 3.37. The number of fused-ring (bicyclic) bond motifs is 1. The van der Waals surface area contributed by atoms with Crippen molar-refractivity contribution in [2.45, 2.75) is 19.3 Å². The molecule has 1 amide bonds. The molecule has 0 fully saturated rings. The number of hydrogen-bond acceptors (Lipinski definition) is 10. The minimum atomic E-state index is -2.45. The number of halogens is 1. The molecular formula is C21H22BFN8O4. The van der Waals surface area contributed by atoms with Crippen molar-refractivity contribution in [2.24, 2.45) is 0 Å². The number of rotatable bonds is 8. The molecule has 0 radical (unpaired) electrons. The highest BCUT2D eigenvalue weighted by Gasteiger charge is 2.23. The molecule has 0 aromatic carbocycles. The van der Waals surface area contributed by atoms with Crippen LogP contribution in [0, 0.1) is 5.82 Å². The Balaban J connectivity index is 1.77. The van der Waals surface area contributed by atoms with Crippen molar-refractivity contribution < 1.29 is 24.1 Å². The normalized spacial score (nSPS) is 11.3. The Morgan fingerprint density at radius 2 is 1.91 bits per heavy atom. The van der Waals surface area contributed by atoms with Gasteiger partial charge >= 0.3 is 0 Å². The lowest BCUT2D eigenvalue weighted by molar-refractivity contribution is -0.102. The first-order valence-electron chi connectivity index (χ1n) is 10.5. The molecule has 35 heavy (non-hydrogen) atoms. The van der Waals surface area contributed by atoms with Crippen molar-refractivity contribution >= 4 is 47.8 Å². The molecule has 0 saturated carbocycles. The van der Waals surface area contributed by atoms with Gasteiger partial charge in [-0.1, -0.05) is 0 Å². The van der Waals surface area contributed by atoms with Gasteiger partial charge in [0.1, 0.15) is 23.0 Å². The van der Waals surface area contributed by atoms with Crippen molar-refractivity contribution in [3.8, 4) is 5.75 Å². The number of nitrogens with zero attached hydrogens (tertiary/aromatic N) is 5. The van der Waals surface area contributed by atoms with Gasteiger partial charge in [-0.15, -0.1) is 0 Å². The van der Waals surface area contributed by atoms with Crippen LogP contribution in [-0.2, 0) is 6.54 Å². The Morgan fingerprint density at radius 1 is 1.14 bits per heavy atom. The second kappa shape index (κ2) is 9.52. The lowest BCUT2D eigenvalue weighted by Crippen LogP contribution is -2.49. The molecule has 180 valence electrons. The average Bonchev–Trinajstić information content (AvgIpc) is 3.23. The van der Waals surface area contributed by atoms with Gasteiger partial charge in [0.05, 0.1) is 30.8 Å². The fourth-order valence-corrected chi connectivity index (χ4v) is 3.37. The maximum absolute atomic E-state index is 13.2. The summed E-state index contributed by atoms with van der Waals surface area (Å²) in [5.41, 5.74) is 0.920. The summed E-state index contributed by atoms with van der Waals surface area (Å²) in [7, 11) is 2.50. The number of carbonyl (C=O) groups is 1. The number of methoxy groups -OCH3 is 1. The Hall–Kier alpha value is -4.30. The highest BCUT2D eigenvalue weighted by Crippen LogP contribution is 2.34. The van der Waals surface area contributed by atoms with Crippen molar-refractivity contribution in [3.63, 3.8) is 0 Å². The van der Waals surface area contributed by atoms with Crippen LogP contribution in [0.2, 0.25) is 0 Å². The Labute approximate surface area is 199 Å². The molecule has 5 N–H and O–H groups in total.